The summed E-state index contributed by atoms with van der Waals surface area (Å²) in [4.78, 5) is 14.7. The van der Waals surface area contributed by atoms with Crippen molar-refractivity contribution in [2.75, 3.05) is 26.2 Å². The molecule has 1 N–H and O–H groups in total. The number of rotatable bonds is 13. The molecule has 228 valence electrons. The predicted molar refractivity (Wildman–Crippen MR) is 179 cm³/mol. The Morgan fingerprint density at radius 3 is 2.22 bits per heavy atom. The second-order valence-corrected chi connectivity index (χ2v) is 9.93. The van der Waals surface area contributed by atoms with Crippen LogP contribution in [0.5, 0.6) is 5.88 Å². The van der Waals surface area contributed by atoms with E-state index in [4.69, 9.17) is 27.9 Å². The van der Waals surface area contributed by atoms with Crippen LogP contribution in [0.2, 0.25) is 10.0 Å². The third-order valence-electron chi connectivity index (χ3n) is 5.89. The summed E-state index contributed by atoms with van der Waals surface area (Å²) in [6.45, 7) is 24.7. The zero-order valence-corrected chi connectivity index (χ0v) is 27.9. The molecule has 0 fully saturated rings. The molecule has 1 heterocycles. The fourth-order valence-corrected chi connectivity index (χ4v) is 4.02. The van der Waals surface area contributed by atoms with Gasteiger partial charge in [-0.3, -0.25) is 4.79 Å². The molecule has 0 aliphatic carbocycles. The van der Waals surface area contributed by atoms with E-state index in [1.54, 1.807) is 22.9 Å². The third kappa shape index (κ3) is 15.1. The van der Waals surface area contributed by atoms with Gasteiger partial charge in [0.25, 0.3) is 0 Å². The Balaban J connectivity index is 0.00000177. The number of carbonyl (C=O) groups excluding carboxylic acids is 1. The zero-order valence-electron chi connectivity index (χ0n) is 26.4. The number of nitrogens with one attached hydrogen (secondary N) is 1. The highest BCUT2D eigenvalue weighted by Gasteiger charge is 2.15. The minimum Gasteiger partial charge on any atom is -0.477 e. The number of hydrogen-bond donors (Lipinski definition) is 1. The molecule has 0 saturated carbocycles. The summed E-state index contributed by atoms with van der Waals surface area (Å²) in [5.41, 5.74) is 3.58. The Morgan fingerprint density at radius 2 is 1.73 bits per heavy atom. The summed E-state index contributed by atoms with van der Waals surface area (Å²) in [5.74, 6) is 0.507. The quantitative estimate of drug-likeness (QED) is 0.232. The number of hydrogen-bond acceptors (Lipinski definition) is 4. The molecule has 8 heteroatoms. The van der Waals surface area contributed by atoms with Gasteiger partial charge >= 0.3 is 0 Å². The van der Waals surface area contributed by atoms with Crippen molar-refractivity contribution in [3.05, 3.63) is 76.8 Å². The van der Waals surface area contributed by atoms with E-state index >= 15 is 0 Å². The Hall–Kier alpha value is -2.80. The van der Waals surface area contributed by atoms with Crippen molar-refractivity contribution in [3.8, 4) is 17.1 Å². The number of halogens is 2. The summed E-state index contributed by atoms with van der Waals surface area (Å²) in [6, 6.07) is 7.20. The molecule has 1 amide bonds. The molecule has 1 aromatic carbocycles. The molecule has 1 atom stereocenters. The van der Waals surface area contributed by atoms with E-state index in [1.165, 1.54) is 5.57 Å². The maximum atomic E-state index is 12.4. The fraction of sp³-hybridized carbons (Fsp3) is 0.455. The lowest BCUT2D eigenvalue weighted by molar-refractivity contribution is -0.122. The van der Waals surface area contributed by atoms with Crippen LogP contribution in [-0.2, 0) is 4.79 Å². The maximum absolute atomic E-state index is 12.4. The van der Waals surface area contributed by atoms with Crippen molar-refractivity contribution in [1.29, 1.82) is 0 Å². The van der Waals surface area contributed by atoms with Gasteiger partial charge in [0, 0.05) is 40.0 Å². The summed E-state index contributed by atoms with van der Waals surface area (Å²) < 4.78 is 7.69. The Bertz CT molecular complexity index is 1130. The number of allylic oxidation sites excluding steroid dienone is 7. The van der Waals surface area contributed by atoms with Crippen molar-refractivity contribution in [1.82, 2.24) is 20.0 Å². The summed E-state index contributed by atoms with van der Waals surface area (Å²) in [7, 11) is 0. The first-order valence-corrected chi connectivity index (χ1v) is 15.1. The lowest BCUT2D eigenvalue weighted by Gasteiger charge is -2.23. The fourth-order valence-electron chi connectivity index (χ4n) is 3.50. The van der Waals surface area contributed by atoms with Crippen LogP contribution in [0.25, 0.3) is 17.0 Å². The molecule has 1 unspecified atom stereocenters. The zero-order chi connectivity index (χ0) is 31.4. The van der Waals surface area contributed by atoms with Gasteiger partial charge in [0.1, 0.15) is 0 Å². The molecule has 2 aromatic rings. The van der Waals surface area contributed by atoms with Gasteiger partial charge in [-0.1, -0.05) is 87.4 Å². The van der Waals surface area contributed by atoms with Gasteiger partial charge in [0.05, 0.1) is 18.7 Å². The van der Waals surface area contributed by atoms with Crippen molar-refractivity contribution in [2.24, 2.45) is 0 Å². The molecule has 6 nitrogen and oxygen atoms in total. The molecular formula is C33H50Cl2N4O2. The van der Waals surface area contributed by atoms with E-state index in [9.17, 15) is 4.79 Å². The normalized spacial score (nSPS) is 12.3. The number of likely N-dealkylation sites (N-methyl/N-ethyl adjacent to an activating group) is 1. The van der Waals surface area contributed by atoms with Crippen LogP contribution < -0.4 is 10.1 Å². The molecular weight excluding hydrogens is 555 g/mol. The maximum Gasteiger partial charge on any atom is 0.223 e. The first-order valence-electron chi connectivity index (χ1n) is 14.3. The number of benzene rings is 1. The van der Waals surface area contributed by atoms with Gasteiger partial charge < -0.3 is 15.0 Å². The minimum atomic E-state index is -0.0382. The van der Waals surface area contributed by atoms with E-state index < -0.39 is 0 Å². The van der Waals surface area contributed by atoms with Crippen LogP contribution in [-0.4, -0.2) is 52.9 Å². The van der Waals surface area contributed by atoms with Gasteiger partial charge in [0.15, 0.2) is 0 Å². The predicted octanol–water partition coefficient (Wildman–Crippen LogP) is 9.07. The van der Waals surface area contributed by atoms with Gasteiger partial charge in [-0.15, -0.1) is 0 Å². The highest BCUT2D eigenvalue weighted by molar-refractivity contribution is 6.35. The number of ether oxygens (including phenoxy) is 1. The smallest absolute Gasteiger partial charge is 0.223 e. The van der Waals surface area contributed by atoms with Gasteiger partial charge in [-0.05, 0) is 72.0 Å². The van der Waals surface area contributed by atoms with Crippen LogP contribution in [0.4, 0.5) is 0 Å². The summed E-state index contributed by atoms with van der Waals surface area (Å²) in [6.07, 6.45) is 9.92. The summed E-state index contributed by atoms with van der Waals surface area (Å²) >= 11 is 12.3. The van der Waals surface area contributed by atoms with Crippen LogP contribution in [0.15, 0.2) is 66.8 Å². The number of amides is 1. The SMILES string of the molecule is C/C=C/C=C(\C)n1nc(-c2cc(Cl)cc(Cl)c2)cc1OCCC(=O)NC(C)CN(CC)CC.C=C/C(C)=C/C.CC. The Morgan fingerprint density at radius 1 is 1.12 bits per heavy atom. The van der Waals surface area contributed by atoms with Gasteiger partial charge in [0.2, 0.25) is 11.8 Å². The van der Waals surface area contributed by atoms with Crippen molar-refractivity contribution in [3.63, 3.8) is 0 Å². The number of nitrogens with zero attached hydrogens (tertiary/aromatic N) is 3. The average molecular weight is 606 g/mol. The standard InChI is InChI=1S/C25H34Cl2N4O2.C6H10.C2H6/c1-6-9-10-19(5)31-25(16-23(29-31)20-13-21(26)15-22(27)14-20)33-12-11-24(32)28-18(4)17-30(7-2)8-3;1-4-6(3)5-2;1-2/h6,9-10,13-16,18H,7-8,11-12,17H2,1-5H3,(H,28,32);4-5H,1H2,2-3H3;1-2H3/b9-6+,19-10+;6-5+;. The average Bonchev–Trinajstić information content (AvgIpc) is 3.39. The molecule has 41 heavy (non-hydrogen) atoms. The number of aromatic nitrogens is 2. The van der Waals surface area contributed by atoms with Crippen molar-refractivity contribution < 1.29 is 9.53 Å². The van der Waals surface area contributed by atoms with E-state index in [0.29, 0.717) is 21.6 Å². The van der Waals surface area contributed by atoms with Crippen LogP contribution in [0.1, 0.15) is 68.7 Å². The van der Waals surface area contributed by atoms with Crippen LogP contribution >= 0.6 is 23.2 Å². The Labute approximate surface area is 258 Å². The molecule has 1 aromatic heterocycles. The summed E-state index contributed by atoms with van der Waals surface area (Å²) in [5, 5.41) is 8.79. The van der Waals surface area contributed by atoms with E-state index in [2.05, 4.69) is 35.7 Å². The van der Waals surface area contributed by atoms with Crippen LogP contribution in [0, 0.1) is 0 Å². The second kappa shape index (κ2) is 21.9. The Kier molecular flexibility index (Phi) is 20.4. The number of carbonyl (C=O) groups is 1. The largest absolute Gasteiger partial charge is 0.477 e. The molecule has 0 saturated heterocycles. The lowest BCUT2D eigenvalue weighted by Crippen LogP contribution is -2.42. The van der Waals surface area contributed by atoms with Gasteiger partial charge in [-0.2, -0.15) is 5.10 Å². The molecule has 0 radical (unpaired) electrons. The van der Waals surface area contributed by atoms with Gasteiger partial charge in [-0.25, -0.2) is 4.68 Å². The highest BCUT2D eigenvalue weighted by Crippen LogP contribution is 2.30. The molecule has 0 bridgehead atoms. The topological polar surface area (TPSA) is 59.4 Å². The van der Waals surface area contributed by atoms with Crippen LogP contribution in [0.3, 0.4) is 0 Å². The monoisotopic (exact) mass is 604 g/mol. The van der Waals surface area contributed by atoms with Crippen molar-refractivity contribution >= 4 is 34.8 Å². The lowest BCUT2D eigenvalue weighted by atomic mass is 10.1. The first kappa shape index (κ1) is 38.2. The van der Waals surface area contributed by atoms with E-state index in [-0.39, 0.29) is 25.0 Å². The molecule has 0 spiro atoms. The third-order valence-corrected chi connectivity index (χ3v) is 6.33. The highest BCUT2D eigenvalue weighted by atomic mass is 35.5. The second-order valence-electron chi connectivity index (χ2n) is 9.06. The molecule has 0 aliphatic heterocycles. The van der Waals surface area contributed by atoms with E-state index in [0.717, 1.165) is 30.9 Å². The minimum absolute atomic E-state index is 0.0382. The molecule has 2 rings (SSSR count). The first-order chi connectivity index (χ1) is 19.6. The van der Waals surface area contributed by atoms with Crippen molar-refractivity contribution in [2.45, 2.75) is 74.8 Å². The van der Waals surface area contributed by atoms with E-state index in [1.807, 2.05) is 84.9 Å². The molecule has 0 aliphatic rings.